The fourth-order valence-electron chi connectivity index (χ4n) is 0. The minimum Gasteiger partial charge on any atom is -0.168 e. The highest BCUT2D eigenvalue weighted by atomic mass is 35.7. The van der Waals surface area contributed by atoms with Crippen molar-refractivity contribution in [3.05, 3.63) is 0 Å². The first-order valence-corrected chi connectivity index (χ1v) is 12.6. The fraction of sp³-hybridized carbons (Fsp3) is 1.00. The van der Waals surface area contributed by atoms with Crippen LogP contribution in [0.2, 0.25) is 32.7 Å². The van der Waals surface area contributed by atoms with E-state index in [9.17, 15) is 0 Å². The second kappa shape index (κ2) is 6.78. The molecular formula is C6H19Cl3Si2. The summed E-state index contributed by atoms with van der Waals surface area (Å²) in [5.74, 6) is 0. The summed E-state index contributed by atoms with van der Waals surface area (Å²) in [4.78, 5) is 0. The highest BCUT2D eigenvalue weighted by molar-refractivity contribution is 7.44. The van der Waals surface area contributed by atoms with Gasteiger partial charge in [-0.05, 0) is 13.1 Å². The summed E-state index contributed by atoms with van der Waals surface area (Å²) in [5, 5.41) is 0. The Morgan fingerprint density at radius 3 is 0.727 bits per heavy atom. The van der Waals surface area contributed by atoms with E-state index in [1.54, 1.807) is 0 Å². The second-order valence-corrected chi connectivity index (χ2v) is 19.8. The molecule has 0 amide bonds. The van der Waals surface area contributed by atoms with Gasteiger partial charge < -0.3 is 0 Å². The zero-order valence-electron chi connectivity index (χ0n) is 7.13. The van der Waals surface area contributed by atoms with Gasteiger partial charge in [0.05, 0.1) is 0 Å². The molecule has 11 heavy (non-hydrogen) atoms. The van der Waals surface area contributed by atoms with Gasteiger partial charge in [-0.25, -0.2) is 0 Å². The van der Waals surface area contributed by atoms with Gasteiger partial charge in [-0.15, -0.1) is 22.2 Å². The molecule has 0 aliphatic carbocycles. The van der Waals surface area contributed by atoms with Crippen molar-refractivity contribution in [2.24, 2.45) is 0 Å². The van der Waals surface area contributed by atoms with E-state index in [1.165, 1.54) is 0 Å². The Morgan fingerprint density at radius 1 is 0.727 bits per heavy atom. The highest BCUT2D eigenvalue weighted by Crippen LogP contribution is 2.10. The molecule has 0 aliphatic heterocycles. The maximum Gasteiger partial charge on any atom is 0.245 e. The van der Waals surface area contributed by atoms with Crippen molar-refractivity contribution in [3.63, 3.8) is 0 Å². The number of hydrogen-bond donors (Lipinski definition) is 0. The Hall–Kier alpha value is 1.30. The quantitative estimate of drug-likeness (QED) is 0.427. The van der Waals surface area contributed by atoms with Crippen molar-refractivity contribution < 1.29 is 0 Å². The Bertz CT molecular complexity index is 58.8. The molecule has 0 aromatic carbocycles. The topological polar surface area (TPSA) is 0 Å². The van der Waals surface area contributed by atoms with Gasteiger partial charge in [-0.1, -0.05) is 27.1 Å². The van der Waals surface area contributed by atoms with Crippen molar-refractivity contribution >= 4 is 47.3 Å². The molecule has 72 valence electrons. The molecule has 0 saturated heterocycles. The molecule has 0 aromatic heterocycles. The molecule has 0 nitrogen and oxygen atoms in total. The van der Waals surface area contributed by atoms with Gasteiger partial charge in [0.1, 0.15) is 7.38 Å². The SMILES string of the molecule is C.C[Si](C)(C)Cl.C[Si](C)(Cl)Cl. The van der Waals surface area contributed by atoms with E-state index in [2.05, 4.69) is 19.6 Å². The van der Waals surface area contributed by atoms with Crippen LogP contribution in [-0.2, 0) is 0 Å². The molecule has 0 atom stereocenters. The van der Waals surface area contributed by atoms with Crippen LogP contribution in [0.4, 0.5) is 0 Å². The lowest BCUT2D eigenvalue weighted by molar-refractivity contribution is 1.87. The molecule has 0 spiro atoms. The van der Waals surface area contributed by atoms with Crippen molar-refractivity contribution in [1.82, 2.24) is 0 Å². The summed E-state index contributed by atoms with van der Waals surface area (Å²) in [5.41, 5.74) is 0. The summed E-state index contributed by atoms with van der Waals surface area (Å²) in [6.07, 6.45) is 0. The zero-order chi connectivity index (χ0) is 9.00. The van der Waals surface area contributed by atoms with Crippen LogP contribution in [0.15, 0.2) is 0 Å². The van der Waals surface area contributed by atoms with Gasteiger partial charge in [0.25, 0.3) is 0 Å². The Balaban J connectivity index is -0.000000107. The van der Waals surface area contributed by atoms with E-state index >= 15 is 0 Å². The van der Waals surface area contributed by atoms with Crippen LogP contribution < -0.4 is 0 Å². The monoisotopic (exact) mass is 252 g/mol. The molecule has 0 N–H and O–H groups in total. The number of hydrogen-bond acceptors (Lipinski definition) is 0. The lowest BCUT2D eigenvalue weighted by atomic mass is 11.8. The van der Waals surface area contributed by atoms with E-state index in [0.717, 1.165) is 0 Å². The van der Waals surface area contributed by atoms with Gasteiger partial charge in [-0.2, -0.15) is 11.1 Å². The molecule has 0 saturated carbocycles. The van der Waals surface area contributed by atoms with Gasteiger partial charge in [0.2, 0.25) is 6.69 Å². The highest BCUT2D eigenvalue weighted by Gasteiger charge is 2.08. The molecule has 0 heterocycles. The van der Waals surface area contributed by atoms with Crippen molar-refractivity contribution in [2.75, 3.05) is 0 Å². The van der Waals surface area contributed by atoms with Crippen molar-refractivity contribution in [3.8, 4) is 0 Å². The van der Waals surface area contributed by atoms with E-state index in [0.29, 0.717) is 0 Å². The average Bonchev–Trinajstić information content (AvgIpc) is 1.12. The van der Waals surface area contributed by atoms with Crippen LogP contribution >= 0.6 is 33.2 Å². The summed E-state index contributed by atoms with van der Waals surface area (Å²) < 4.78 is 0. The van der Waals surface area contributed by atoms with E-state index in [-0.39, 0.29) is 7.43 Å². The predicted octanol–water partition coefficient (Wildman–Crippen LogP) is 4.86. The van der Waals surface area contributed by atoms with Gasteiger partial charge in [0.15, 0.2) is 0 Å². The first-order valence-electron chi connectivity index (χ1n) is 3.07. The normalized spacial score (nSPS) is 10.9. The Morgan fingerprint density at radius 2 is 0.727 bits per heavy atom. The molecule has 0 fully saturated rings. The summed E-state index contributed by atoms with van der Waals surface area (Å²) in [7, 11) is -1.14. The second-order valence-electron chi connectivity index (χ2n) is 3.39. The maximum atomic E-state index is 5.67. The third-order valence-electron chi connectivity index (χ3n) is 0. The number of rotatable bonds is 0. The van der Waals surface area contributed by atoms with E-state index in [1.807, 2.05) is 13.1 Å². The predicted molar refractivity (Wildman–Crippen MR) is 65.1 cm³/mol. The third-order valence-corrected chi connectivity index (χ3v) is 0. The van der Waals surface area contributed by atoms with Crippen LogP contribution in [0.25, 0.3) is 0 Å². The zero-order valence-corrected chi connectivity index (χ0v) is 11.4. The standard InChI is InChI=1S/C3H9ClSi.C2H6Cl2Si.CH4/c2*1-5(2,3)4;/h1-3H3;1-2H3;1H4. The smallest absolute Gasteiger partial charge is 0.168 e. The molecule has 0 aliphatic rings. The Labute approximate surface area is 87.4 Å². The molecule has 0 unspecified atom stereocenters. The molecular weight excluding hydrogens is 235 g/mol. The van der Waals surface area contributed by atoms with Crippen LogP contribution in [0, 0.1) is 0 Å². The van der Waals surface area contributed by atoms with Crippen LogP contribution in [0.3, 0.4) is 0 Å². The first-order chi connectivity index (χ1) is 4.00. The summed E-state index contributed by atoms with van der Waals surface area (Å²) in [6.45, 7) is 8.32. The van der Waals surface area contributed by atoms with Gasteiger partial charge in [-0.3, -0.25) is 0 Å². The maximum absolute atomic E-state index is 5.67. The largest absolute Gasteiger partial charge is 0.245 e. The molecule has 0 bridgehead atoms. The number of halogens is 3. The van der Waals surface area contributed by atoms with Crippen LogP contribution in [0.1, 0.15) is 7.43 Å². The van der Waals surface area contributed by atoms with Crippen molar-refractivity contribution in [2.45, 2.75) is 40.2 Å². The Kier molecular flexibility index (Phi) is 11.2. The minimum absolute atomic E-state index is 0. The van der Waals surface area contributed by atoms with Crippen LogP contribution in [0.5, 0.6) is 0 Å². The van der Waals surface area contributed by atoms with Gasteiger partial charge >= 0.3 is 0 Å². The van der Waals surface area contributed by atoms with Crippen molar-refractivity contribution in [1.29, 1.82) is 0 Å². The molecule has 0 radical (unpaired) electrons. The van der Waals surface area contributed by atoms with Crippen LogP contribution in [-0.4, -0.2) is 14.1 Å². The molecule has 5 heteroatoms. The average molecular weight is 254 g/mol. The molecule has 0 rings (SSSR count). The lowest BCUT2D eigenvalue weighted by Gasteiger charge is -1.97. The third kappa shape index (κ3) is 576. The first kappa shape index (κ1) is 18.2. The van der Waals surface area contributed by atoms with Gasteiger partial charge in [0, 0.05) is 0 Å². The lowest BCUT2D eigenvalue weighted by Crippen LogP contribution is -2.06. The molecule has 0 aromatic rings. The summed E-state index contributed by atoms with van der Waals surface area (Å²) >= 11 is 16.5. The van der Waals surface area contributed by atoms with E-state index < -0.39 is 14.1 Å². The fourth-order valence-corrected chi connectivity index (χ4v) is 0. The van der Waals surface area contributed by atoms with E-state index in [4.69, 9.17) is 33.2 Å². The minimum atomic E-state index is -1.67. The summed E-state index contributed by atoms with van der Waals surface area (Å²) in [6, 6.07) is 0.